The minimum atomic E-state index is -0.515. The average Bonchev–Trinajstić information content (AvgIpc) is 2.60. The number of nitrogens with zero attached hydrogens (tertiary/aromatic N) is 3. The molecule has 2 aromatic carbocycles. The number of halogens is 1. The van der Waals surface area contributed by atoms with E-state index in [1.165, 1.54) is 17.0 Å². The SMILES string of the molecule is CN(CCOc1cccc(Cl)c1)C(=O)c1cc([N+](=O)[O-])ccc1N(C)C. The van der Waals surface area contributed by atoms with E-state index in [1.54, 1.807) is 56.4 Å². The predicted octanol–water partition coefficient (Wildman–Crippen LogP) is 3.47. The maximum Gasteiger partial charge on any atom is 0.270 e. The van der Waals surface area contributed by atoms with Crippen LogP contribution in [0.15, 0.2) is 42.5 Å². The number of ether oxygens (including phenoxy) is 1. The number of carbonyl (C=O) groups is 1. The van der Waals surface area contributed by atoms with Crippen LogP contribution >= 0.6 is 11.6 Å². The molecule has 0 bridgehead atoms. The first-order valence-corrected chi connectivity index (χ1v) is 8.27. The van der Waals surface area contributed by atoms with Crippen molar-refractivity contribution in [2.45, 2.75) is 0 Å². The summed E-state index contributed by atoms with van der Waals surface area (Å²) in [6.07, 6.45) is 0. The fourth-order valence-corrected chi connectivity index (χ4v) is 2.54. The number of benzene rings is 2. The molecule has 0 saturated heterocycles. The number of nitro benzene ring substituents is 1. The summed E-state index contributed by atoms with van der Waals surface area (Å²) in [4.78, 5) is 26.5. The van der Waals surface area contributed by atoms with Crippen molar-refractivity contribution in [2.24, 2.45) is 0 Å². The van der Waals surface area contributed by atoms with Gasteiger partial charge in [0.2, 0.25) is 0 Å². The van der Waals surface area contributed by atoms with Crippen LogP contribution in [0.5, 0.6) is 5.75 Å². The van der Waals surface area contributed by atoms with Gasteiger partial charge in [0, 0.05) is 44.0 Å². The van der Waals surface area contributed by atoms with Gasteiger partial charge in [0.25, 0.3) is 11.6 Å². The molecule has 8 heteroatoms. The summed E-state index contributed by atoms with van der Waals surface area (Å²) in [6, 6.07) is 11.2. The number of nitro groups is 1. The Hall–Kier alpha value is -2.80. The van der Waals surface area contributed by atoms with Crippen molar-refractivity contribution in [3.05, 3.63) is 63.2 Å². The second-order valence-electron chi connectivity index (χ2n) is 5.89. The Morgan fingerprint density at radius 3 is 2.54 bits per heavy atom. The van der Waals surface area contributed by atoms with Crippen molar-refractivity contribution in [1.29, 1.82) is 0 Å². The molecule has 0 spiro atoms. The van der Waals surface area contributed by atoms with Gasteiger partial charge < -0.3 is 14.5 Å². The van der Waals surface area contributed by atoms with Gasteiger partial charge in [-0.25, -0.2) is 0 Å². The average molecular weight is 378 g/mol. The van der Waals surface area contributed by atoms with Crippen LogP contribution in [0.4, 0.5) is 11.4 Å². The molecule has 26 heavy (non-hydrogen) atoms. The third kappa shape index (κ3) is 4.86. The molecule has 7 nitrogen and oxygen atoms in total. The van der Waals surface area contributed by atoms with Crippen molar-refractivity contribution in [2.75, 3.05) is 39.2 Å². The second kappa shape index (κ2) is 8.53. The van der Waals surface area contributed by atoms with E-state index in [-0.39, 0.29) is 23.8 Å². The summed E-state index contributed by atoms with van der Waals surface area (Å²) in [6.45, 7) is 0.593. The highest BCUT2D eigenvalue weighted by Gasteiger charge is 2.20. The van der Waals surface area contributed by atoms with Gasteiger partial charge in [0.1, 0.15) is 12.4 Å². The van der Waals surface area contributed by atoms with Crippen LogP contribution in [0.3, 0.4) is 0 Å². The first kappa shape index (κ1) is 19.5. The van der Waals surface area contributed by atoms with E-state index in [2.05, 4.69) is 0 Å². The molecule has 0 unspecified atom stereocenters. The van der Waals surface area contributed by atoms with Gasteiger partial charge >= 0.3 is 0 Å². The molecule has 0 saturated carbocycles. The number of anilines is 1. The Labute approximate surface area is 156 Å². The predicted molar refractivity (Wildman–Crippen MR) is 101 cm³/mol. The molecule has 0 aliphatic heterocycles. The lowest BCUT2D eigenvalue weighted by atomic mass is 10.1. The quantitative estimate of drug-likeness (QED) is 0.545. The molecule has 0 aromatic heterocycles. The van der Waals surface area contributed by atoms with E-state index in [0.717, 1.165) is 0 Å². The minimum Gasteiger partial charge on any atom is -0.492 e. The summed E-state index contributed by atoms with van der Waals surface area (Å²) in [7, 11) is 5.18. The minimum absolute atomic E-state index is 0.123. The van der Waals surface area contributed by atoms with Gasteiger partial charge in [0.05, 0.1) is 17.0 Å². The number of likely N-dealkylation sites (N-methyl/N-ethyl adjacent to an activating group) is 1. The maximum atomic E-state index is 12.7. The maximum absolute atomic E-state index is 12.7. The third-order valence-corrected chi connectivity index (χ3v) is 3.98. The van der Waals surface area contributed by atoms with Gasteiger partial charge in [-0.05, 0) is 24.3 Å². The normalized spacial score (nSPS) is 10.3. The monoisotopic (exact) mass is 377 g/mol. The van der Waals surface area contributed by atoms with E-state index >= 15 is 0 Å². The molecule has 0 aliphatic carbocycles. The highest BCUT2D eigenvalue weighted by atomic mass is 35.5. The van der Waals surface area contributed by atoms with E-state index < -0.39 is 4.92 Å². The van der Waals surface area contributed by atoms with Crippen molar-refractivity contribution in [1.82, 2.24) is 4.90 Å². The van der Waals surface area contributed by atoms with E-state index in [9.17, 15) is 14.9 Å². The molecule has 2 rings (SSSR count). The number of hydrogen-bond donors (Lipinski definition) is 0. The van der Waals surface area contributed by atoms with Gasteiger partial charge in [-0.3, -0.25) is 14.9 Å². The van der Waals surface area contributed by atoms with Crippen LogP contribution in [0.2, 0.25) is 5.02 Å². The number of amides is 1. The highest BCUT2D eigenvalue weighted by molar-refractivity contribution is 6.30. The zero-order valence-electron chi connectivity index (χ0n) is 14.8. The largest absolute Gasteiger partial charge is 0.492 e. The van der Waals surface area contributed by atoms with Crippen LogP contribution in [0, 0.1) is 10.1 Å². The molecule has 0 aliphatic rings. The Bertz CT molecular complexity index is 811. The number of non-ortho nitro benzene ring substituents is 1. The number of hydrogen-bond acceptors (Lipinski definition) is 5. The van der Waals surface area contributed by atoms with Gasteiger partial charge in [-0.15, -0.1) is 0 Å². The smallest absolute Gasteiger partial charge is 0.270 e. The van der Waals surface area contributed by atoms with Crippen molar-refractivity contribution in [3.8, 4) is 5.75 Å². The van der Waals surface area contributed by atoms with Gasteiger partial charge in [0.15, 0.2) is 0 Å². The zero-order chi connectivity index (χ0) is 19.3. The van der Waals surface area contributed by atoms with E-state index in [0.29, 0.717) is 23.0 Å². The highest BCUT2D eigenvalue weighted by Crippen LogP contribution is 2.25. The lowest BCUT2D eigenvalue weighted by Crippen LogP contribution is -2.32. The summed E-state index contributed by atoms with van der Waals surface area (Å²) in [5.41, 5.74) is 0.764. The molecule has 0 N–H and O–H groups in total. The molecule has 1 amide bonds. The van der Waals surface area contributed by atoms with Crippen LogP contribution in [-0.4, -0.2) is 50.0 Å². The molecule has 138 valence electrons. The summed E-state index contributed by atoms with van der Waals surface area (Å²) >= 11 is 5.90. The van der Waals surface area contributed by atoms with E-state index in [1.807, 2.05) is 0 Å². The summed E-state index contributed by atoms with van der Waals surface area (Å²) < 4.78 is 5.59. The molecule has 0 heterocycles. The number of rotatable bonds is 7. The Kier molecular flexibility index (Phi) is 6.41. The van der Waals surface area contributed by atoms with E-state index in [4.69, 9.17) is 16.3 Å². The standard InChI is InChI=1S/C18H20ClN3O4/c1-20(2)17-8-7-14(22(24)25)12-16(17)18(23)21(3)9-10-26-15-6-4-5-13(19)11-15/h4-8,11-12H,9-10H2,1-3H3. The van der Waals surface area contributed by atoms with Crippen LogP contribution in [-0.2, 0) is 0 Å². The van der Waals surface area contributed by atoms with Gasteiger partial charge in [-0.2, -0.15) is 0 Å². The van der Waals surface area contributed by atoms with Crippen molar-refractivity contribution >= 4 is 28.9 Å². The van der Waals surface area contributed by atoms with Crippen LogP contribution < -0.4 is 9.64 Å². The fourth-order valence-electron chi connectivity index (χ4n) is 2.36. The Balaban J connectivity index is 2.09. The van der Waals surface area contributed by atoms with Gasteiger partial charge in [-0.1, -0.05) is 17.7 Å². The molecular formula is C18H20ClN3O4. The Morgan fingerprint density at radius 1 is 1.19 bits per heavy atom. The second-order valence-corrected chi connectivity index (χ2v) is 6.32. The number of carbonyl (C=O) groups excluding carboxylic acids is 1. The van der Waals surface area contributed by atoms with Crippen molar-refractivity contribution in [3.63, 3.8) is 0 Å². The van der Waals surface area contributed by atoms with Crippen molar-refractivity contribution < 1.29 is 14.5 Å². The molecule has 0 radical (unpaired) electrons. The zero-order valence-corrected chi connectivity index (χ0v) is 15.6. The lowest BCUT2D eigenvalue weighted by molar-refractivity contribution is -0.384. The molecule has 2 aromatic rings. The van der Waals surface area contributed by atoms with Crippen LogP contribution in [0.1, 0.15) is 10.4 Å². The molecule has 0 atom stereocenters. The summed E-state index contributed by atoms with van der Waals surface area (Å²) in [5.74, 6) is 0.301. The summed E-state index contributed by atoms with van der Waals surface area (Å²) in [5, 5.41) is 11.6. The first-order chi connectivity index (χ1) is 12.3. The Morgan fingerprint density at radius 2 is 1.92 bits per heavy atom. The third-order valence-electron chi connectivity index (χ3n) is 3.74. The molecular weight excluding hydrogens is 358 g/mol. The topological polar surface area (TPSA) is 75.9 Å². The molecule has 0 fully saturated rings. The first-order valence-electron chi connectivity index (χ1n) is 7.89. The fraction of sp³-hybridized carbons (Fsp3) is 0.278. The van der Waals surface area contributed by atoms with Crippen LogP contribution in [0.25, 0.3) is 0 Å². The lowest BCUT2D eigenvalue weighted by Gasteiger charge is -2.22.